The fraction of sp³-hybridized carbons (Fsp3) is 0.353. The zero-order chi connectivity index (χ0) is 18.5. The lowest BCUT2D eigenvalue weighted by Gasteiger charge is -2.21. The molecule has 1 fully saturated rings. The van der Waals surface area contributed by atoms with E-state index >= 15 is 0 Å². The molecule has 1 amide bonds. The topological polar surface area (TPSA) is 127 Å². The monoisotopic (exact) mass is 358 g/mol. The van der Waals surface area contributed by atoms with E-state index in [-0.39, 0.29) is 12.5 Å². The van der Waals surface area contributed by atoms with Crippen LogP contribution in [0, 0.1) is 0 Å². The number of nitrogens with one attached hydrogen (secondary N) is 2. The summed E-state index contributed by atoms with van der Waals surface area (Å²) in [6.45, 7) is 3.72. The average Bonchev–Trinajstić information content (AvgIpc) is 2.97. The van der Waals surface area contributed by atoms with Gasteiger partial charge in [-0.05, 0) is 18.2 Å². The zero-order valence-electron chi connectivity index (χ0n) is 14.5. The van der Waals surface area contributed by atoms with E-state index in [9.17, 15) is 4.79 Å². The van der Waals surface area contributed by atoms with Crippen LogP contribution in [-0.4, -0.2) is 52.8 Å². The molecule has 3 rings (SSSR count). The summed E-state index contributed by atoms with van der Waals surface area (Å²) in [5.74, 6) is 0.978. The summed E-state index contributed by atoms with van der Waals surface area (Å²) in [5, 5.41) is 19.2. The van der Waals surface area contributed by atoms with E-state index in [0.717, 1.165) is 17.9 Å². The lowest BCUT2D eigenvalue weighted by Crippen LogP contribution is -2.30. The minimum absolute atomic E-state index is 0.0657. The third-order valence-corrected chi connectivity index (χ3v) is 3.88. The number of nitrogens with zero attached hydrogens (tertiary/aromatic N) is 3. The lowest BCUT2D eigenvalue weighted by molar-refractivity contribution is -0.118. The predicted molar refractivity (Wildman–Crippen MR) is 97.7 cm³/mol. The second kappa shape index (κ2) is 7.98. The highest BCUT2D eigenvalue weighted by Crippen LogP contribution is 2.25. The number of aliphatic imine (C=N–C) groups is 1. The van der Waals surface area contributed by atoms with E-state index in [1.54, 1.807) is 6.08 Å². The molecule has 0 aromatic carbocycles. The predicted octanol–water partition coefficient (Wildman–Crippen LogP) is -0.00620. The van der Waals surface area contributed by atoms with Crippen LogP contribution in [-0.2, 0) is 16.1 Å². The van der Waals surface area contributed by atoms with Crippen molar-refractivity contribution in [2.45, 2.75) is 13.5 Å². The van der Waals surface area contributed by atoms with Crippen LogP contribution in [0.3, 0.4) is 0 Å². The van der Waals surface area contributed by atoms with Crippen LogP contribution in [0.25, 0.3) is 0 Å². The van der Waals surface area contributed by atoms with Crippen LogP contribution in [0.1, 0.15) is 6.92 Å². The van der Waals surface area contributed by atoms with Gasteiger partial charge in [0.2, 0.25) is 5.91 Å². The number of anilines is 1. The van der Waals surface area contributed by atoms with Gasteiger partial charge in [-0.15, -0.1) is 0 Å². The van der Waals surface area contributed by atoms with Crippen molar-refractivity contribution in [3.63, 3.8) is 0 Å². The first-order valence-corrected chi connectivity index (χ1v) is 8.33. The first-order chi connectivity index (χ1) is 12.6. The number of aliphatic hydroxyl groups is 1. The molecule has 26 heavy (non-hydrogen) atoms. The van der Waals surface area contributed by atoms with Gasteiger partial charge in [-0.3, -0.25) is 4.79 Å². The number of ether oxygens (including phenoxy) is 1. The molecule has 5 N–H and O–H groups in total. The quantitative estimate of drug-likeness (QED) is 0.600. The third kappa shape index (κ3) is 4.01. The Morgan fingerprint density at radius 3 is 3.08 bits per heavy atom. The molecule has 1 aromatic heterocycles. The molecule has 0 saturated carbocycles. The number of rotatable bonds is 4. The molecule has 1 aromatic rings. The van der Waals surface area contributed by atoms with Crippen LogP contribution in [0.2, 0.25) is 0 Å². The smallest absolute Gasteiger partial charge is 0.221 e. The molecule has 1 saturated heterocycles. The number of carbonyl (C=O) groups is 1. The summed E-state index contributed by atoms with van der Waals surface area (Å²) in [4.78, 5) is 16.1. The van der Waals surface area contributed by atoms with Crippen molar-refractivity contribution in [1.82, 2.24) is 20.4 Å². The molecule has 0 atom stereocenters. The number of aromatic nitrogens is 2. The number of carbonyl (C=O) groups excluding carboxylic acids is 1. The highest BCUT2D eigenvalue weighted by Gasteiger charge is 2.17. The van der Waals surface area contributed by atoms with E-state index in [0.29, 0.717) is 42.6 Å². The highest BCUT2D eigenvalue weighted by molar-refractivity contribution is 6.13. The molecule has 1 aliphatic heterocycles. The normalized spacial score (nSPS) is 21.5. The van der Waals surface area contributed by atoms with Crippen molar-refractivity contribution in [1.29, 1.82) is 0 Å². The van der Waals surface area contributed by atoms with Gasteiger partial charge in [0.1, 0.15) is 23.9 Å². The number of nitrogen functional groups attached to an aromatic ring is 1. The van der Waals surface area contributed by atoms with Gasteiger partial charge in [-0.1, -0.05) is 0 Å². The van der Waals surface area contributed by atoms with E-state index in [2.05, 4.69) is 20.7 Å². The minimum Gasteiger partial charge on any atom is -0.495 e. The van der Waals surface area contributed by atoms with E-state index in [1.165, 1.54) is 17.8 Å². The number of hydrogen-bond donors (Lipinski definition) is 4. The van der Waals surface area contributed by atoms with Crippen LogP contribution < -0.4 is 16.4 Å². The SMILES string of the molecule is CC(=O)NC1=CC(=C2CNCCO2)C=CC1=Nc1cnn(CCO)c1N. The Kier molecular flexibility index (Phi) is 5.49. The Hall–Kier alpha value is -2.91. The molecule has 2 heterocycles. The average molecular weight is 358 g/mol. The second-order valence-corrected chi connectivity index (χ2v) is 5.84. The maximum Gasteiger partial charge on any atom is 0.221 e. The van der Waals surface area contributed by atoms with Crippen LogP contribution in [0.15, 0.2) is 46.4 Å². The molecular formula is C17H22N6O3. The van der Waals surface area contributed by atoms with Crippen molar-refractivity contribution < 1.29 is 14.6 Å². The molecule has 9 nitrogen and oxygen atoms in total. The summed E-state index contributed by atoms with van der Waals surface area (Å²) in [7, 11) is 0. The lowest BCUT2D eigenvalue weighted by atomic mass is 10.0. The molecular weight excluding hydrogens is 336 g/mol. The van der Waals surface area contributed by atoms with Crippen molar-refractivity contribution in [2.75, 3.05) is 32.0 Å². The fourth-order valence-electron chi connectivity index (χ4n) is 2.66. The maximum absolute atomic E-state index is 11.6. The number of hydrogen-bond acceptors (Lipinski definition) is 7. The molecule has 0 radical (unpaired) electrons. The second-order valence-electron chi connectivity index (χ2n) is 5.84. The molecule has 9 heteroatoms. The number of morpholine rings is 1. The van der Waals surface area contributed by atoms with Gasteiger partial charge in [0.15, 0.2) is 0 Å². The fourth-order valence-corrected chi connectivity index (χ4v) is 2.66. The molecule has 0 unspecified atom stereocenters. The van der Waals surface area contributed by atoms with Crippen molar-refractivity contribution in [3.05, 3.63) is 41.5 Å². The van der Waals surface area contributed by atoms with E-state index in [1.807, 2.05) is 12.2 Å². The minimum atomic E-state index is -0.199. The first kappa shape index (κ1) is 17.9. The number of allylic oxidation sites excluding steroid dienone is 4. The summed E-state index contributed by atoms with van der Waals surface area (Å²) in [6, 6.07) is 0. The number of aliphatic hydroxyl groups excluding tert-OH is 1. The Bertz CT molecular complexity index is 810. The van der Waals surface area contributed by atoms with Crippen molar-refractivity contribution in [2.24, 2.45) is 4.99 Å². The van der Waals surface area contributed by atoms with E-state index in [4.69, 9.17) is 15.6 Å². The number of nitrogens with two attached hydrogens (primary N) is 1. The van der Waals surface area contributed by atoms with Crippen molar-refractivity contribution in [3.8, 4) is 0 Å². The highest BCUT2D eigenvalue weighted by atomic mass is 16.5. The molecule has 0 spiro atoms. The maximum atomic E-state index is 11.6. The molecule has 1 aliphatic carbocycles. The Morgan fingerprint density at radius 2 is 2.38 bits per heavy atom. The summed E-state index contributed by atoms with van der Waals surface area (Å²) >= 11 is 0. The zero-order valence-corrected chi connectivity index (χ0v) is 14.5. The van der Waals surface area contributed by atoms with Gasteiger partial charge >= 0.3 is 0 Å². The van der Waals surface area contributed by atoms with Gasteiger partial charge in [0.25, 0.3) is 0 Å². The van der Waals surface area contributed by atoms with E-state index < -0.39 is 0 Å². The van der Waals surface area contributed by atoms with Gasteiger partial charge in [0, 0.05) is 19.0 Å². The molecule has 138 valence electrons. The van der Waals surface area contributed by atoms with Gasteiger partial charge in [-0.2, -0.15) is 5.10 Å². The van der Waals surface area contributed by atoms with Gasteiger partial charge in [0.05, 0.1) is 37.3 Å². The summed E-state index contributed by atoms with van der Waals surface area (Å²) in [6.07, 6.45) is 7.05. The van der Waals surface area contributed by atoms with Gasteiger partial charge < -0.3 is 26.2 Å². The summed E-state index contributed by atoms with van der Waals surface area (Å²) in [5.41, 5.74) is 8.48. The Morgan fingerprint density at radius 1 is 1.54 bits per heavy atom. The van der Waals surface area contributed by atoms with Crippen LogP contribution in [0.5, 0.6) is 0 Å². The molecule has 0 bridgehead atoms. The molecule has 2 aliphatic rings. The number of amides is 1. The Balaban J connectivity index is 1.94. The van der Waals surface area contributed by atoms with Crippen molar-refractivity contribution >= 4 is 23.1 Å². The van der Waals surface area contributed by atoms with Gasteiger partial charge in [-0.25, -0.2) is 9.67 Å². The van der Waals surface area contributed by atoms with Crippen LogP contribution in [0.4, 0.5) is 11.5 Å². The largest absolute Gasteiger partial charge is 0.495 e. The third-order valence-electron chi connectivity index (χ3n) is 3.88. The summed E-state index contributed by atoms with van der Waals surface area (Å²) < 4.78 is 7.16. The Labute approximate surface area is 150 Å². The first-order valence-electron chi connectivity index (χ1n) is 8.33. The van der Waals surface area contributed by atoms with Crippen LogP contribution >= 0.6 is 0 Å². The standard InChI is InChI=1S/C17H22N6O3/c1-11(25)21-14-8-12(16-10-19-4-7-26-16)2-3-13(14)22-15-9-20-23(5-6-24)17(15)18/h2-3,8-9,19,24H,4-7,10,18H2,1H3,(H,21,25).